The molecular weight excluding hydrogens is 691 g/mol. The van der Waals surface area contributed by atoms with Gasteiger partial charge in [0.1, 0.15) is 41.5 Å². The fraction of sp³-hybridized carbons (Fsp3) is 0.542. The van der Waals surface area contributed by atoms with Gasteiger partial charge in [-0.1, -0.05) is 0 Å². The van der Waals surface area contributed by atoms with Crippen molar-refractivity contribution in [3.8, 4) is 0 Å². The van der Waals surface area contributed by atoms with Crippen molar-refractivity contribution in [1.82, 2.24) is 19.5 Å². The zero-order valence-corrected chi connectivity index (χ0v) is 27.7. The van der Waals surface area contributed by atoms with E-state index in [1.165, 1.54) is 48.8 Å². The molecular formula is C24H33N5O15P3+. The molecule has 4 unspecified atom stereocenters. The molecule has 2 fully saturated rings. The summed E-state index contributed by atoms with van der Waals surface area (Å²) in [5, 5.41) is 30.0. The first-order chi connectivity index (χ1) is 21.9. The number of rotatable bonds is 13. The standard InChI is InChI=1S/C24H32N5O15P3/c1-13-27-16-8-25-12-26-21(16)29(13)22-17(43-45(2,3)34)7-15(41-22)10-39-46(35,36)44-47(37,38)40-11-18-19(30)20(31)23(42-18)28-6-4-5-14(9-28)24(32)33/h4-6,8-9,12,15,17-20,22-23,30-31H,7,10-11H2,1-3H3,(H2-,32,33,35,36,37,38)/p+1/t15-,17?,18+,19-,20?,22+,23+/m0/s1. The van der Waals surface area contributed by atoms with Gasteiger partial charge in [0, 0.05) is 25.8 Å². The lowest BCUT2D eigenvalue weighted by Gasteiger charge is -2.23. The number of nitrogens with zero attached hydrogens (tertiary/aromatic N) is 5. The maximum Gasteiger partial charge on any atom is 0.481 e. The Morgan fingerprint density at radius 2 is 1.81 bits per heavy atom. The van der Waals surface area contributed by atoms with Crippen LogP contribution in [-0.4, -0.2) is 108 Å². The van der Waals surface area contributed by atoms with Crippen LogP contribution in [0.3, 0.4) is 0 Å². The molecule has 2 saturated heterocycles. The van der Waals surface area contributed by atoms with E-state index in [9.17, 15) is 43.6 Å². The summed E-state index contributed by atoms with van der Waals surface area (Å²) in [6.45, 7) is 2.99. The van der Waals surface area contributed by atoms with Gasteiger partial charge in [-0.05, 0) is 13.0 Å². The van der Waals surface area contributed by atoms with Gasteiger partial charge < -0.3 is 39.1 Å². The third kappa shape index (κ3) is 8.55. The Kier molecular flexibility index (Phi) is 10.5. The topological polar surface area (TPSA) is 272 Å². The smallest absolute Gasteiger partial charge is 0.477 e. The van der Waals surface area contributed by atoms with Gasteiger partial charge in [0.05, 0.1) is 25.5 Å². The molecule has 0 amide bonds. The van der Waals surface area contributed by atoms with E-state index >= 15 is 0 Å². The molecule has 3 aromatic heterocycles. The van der Waals surface area contributed by atoms with Crippen molar-refractivity contribution in [2.75, 3.05) is 26.5 Å². The molecule has 0 aromatic carbocycles. The maximum absolute atomic E-state index is 12.6. The van der Waals surface area contributed by atoms with E-state index in [0.717, 1.165) is 6.20 Å². The Morgan fingerprint density at radius 3 is 2.49 bits per heavy atom. The highest BCUT2D eigenvalue weighted by Gasteiger charge is 2.50. The summed E-state index contributed by atoms with van der Waals surface area (Å²) in [6.07, 6.45) is -3.34. The first-order valence-corrected chi connectivity index (χ1v) is 19.4. The van der Waals surface area contributed by atoms with Crippen molar-refractivity contribution in [2.24, 2.45) is 0 Å². The van der Waals surface area contributed by atoms with Gasteiger partial charge in [-0.25, -0.2) is 28.9 Å². The normalized spacial score (nSPS) is 29.1. The van der Waals surface area contributed by atoms with E-state index in [4.69, 9.17) is 23.0 Å². The second-order valence-corrected chi connectivity index (χ2v) is 16.8. The zero-order chi connectivity index (χ0) is 34.3. The highest BCUT2D eigenvalue weighted by atomic mass is 31.3. The molecule has 5 heterocycles. The van der Waals surface area contributed by atoms with Crippen molar-refractivity contribution < 1.29 is 75.5 Å². The SMILES string of the molecule is Cc1nc2cncnc2n1[C@@H]1O[C@H](COP(=O)(O)OP(=O)(O)OC[C@H]2O[C@@H]([n+]3cccc(C(=O)O)c3)C(O)[C@H]2O)CC1OP(C)(C)=O. The van der Waals surface area contributed by atoms with E-state index in [0.29, 0.717) is 17.0 Å². The highest BCUT2D eigenvalue weighted by Crippen LogP contribution is 2.61. The number of pyridine rings is 1. The molecule has 0 saturated carbocycles. The van der Waals surface area contributed by atoms with Crippen LogP contribution in [-0.2, 0) is 41.1 Å². The highest BCUT2D eigenvalue weighted by molar-refractivity contribution is 7.61. The average Bonchev–Trinajstić information content (AvgIpc) is 3.61. The number of aliphatic hydroxyl groups is 2. The molecule has 0 spiro atoms. The van der Waals surface area contributed by atoms with E-state index in [1.54, 1.807) is 11.5 Å². The molecule has 5 rings (SSSR count). The summed E-state index contributed by atoms with van der Waals surface area (Å²) in [5.74, 6) is -0.779. The summed E-state index contributed by atoms with van der Waals surface area (Å²) < 4.78 is 71.9. The van der Waals surface area contributed by atoms with Crippen LogP contribution in [0, 0.1) is 6.92 Å². The molecule has 9 atom stereocenters. The number of carboxylic acid groups (broad SMARTS) is 1. The number of carbonyl (C=O) groups is 1. The number of imidazole rings is 1. The Balaban J connectivity index is 1.19. The fourth-order valence-corrected chi connectivity index (χ4v) is 8.10. The van der Waals surface area contributed by atoms with Crippen molar-refractivity contribution >= 4 is 40.1 Å². The van der Waals surface area contributed by atoms with Crippen molar-refractivity contribution in [1.29, 1.82) is 0 Å². The Hall–Kier alpha value is -2.54. The number of fused-ring (bicyclic) bond motifs is 1. The summed E-state index contributed by atoms with van der Waals surface area (Å²) in [6, 6.07) is 2.66. The molecule has 258 valence electrons. The molecule has 20 nitrogen and oxygen atoms in total. The van der Waals surface area contributed by atoms with Crippen LogP contribution < -0.4 is 4.57 Å². The monoisotopic (exact) mass is 724 g/mol. The van der Waals surface area contributed by atoms with Crippen LogP contribution in [0.1, 0.15) is 35.1 Å². The Morgan fingerprint density at radius 1 is 1.11 bits per heavy atom. The lowest BCUT2D eigenvalue weighted by molar-refractivity contribution is -0.765. The molecule has 3 aromatic rings. The summed E-state index contributed by atoms with van der Waals surface area (Å²) >= 11 is 0. The van der Waals surface area contributed by atoms with Crippen LogP contribution in [0.5, 0.6) is 0 Å². The lowest BCUT2D eigenvalue weighted by Crippen LogP contribution is -2.46. The minimum atomic E-state index is -5.34. The number of phosphoric ester groups is 2. The van der Waals surface area contributed by atoms with Gasteiger partial charge in [0.2, 0.25) is 0 Å². The number of aromatic carboxylic acids is 1. The molecule has 23 heteroatoms. The summed E-state index contributed by atoms with van der Waals surface area (Å²) in [4.78, 5) is 44.2. The van der Waals surface area contributed by atoms with Gasteiger partial charge in [-0.2, -0.15) is 8.88 Å². The van der Waals surface area contributed by atoms with Crippen molar-refractivity contribution in [3.63, 3.8) is 0 Å². The van der Waals surface area contributed by atoms with E-state index in [1.807, 2.05) is 0 Å². The van der Waals surface area contributed by atoms with Gasteiger partial charge in [0.15, 0.2) is 37.7 Å². The summed E-state index contributed by atoms with van der Waals surface area (Å²) in [5.41, 5.74) is 0.723. The second kappa shape index (κ2) is 13.8. The third-order valence-electron chi connectivity index (χ3n) is 7.05. The fourth-order valence-electron chi connectivity index (χ4n) is 5.15. The number of hydrogen-bond donors (Lipinski definition) is 5. The predicted octanol–water partition coefficient (Wildman–Crippen LogP) is 0.901. The third-order valence-corrected chi connectivity index (χ3v) is 10.4. The van der Waals surface area contributed by atoms with E-state index in [2.05, 4.69) is 19.3 Å². The quantitative estimate of drug-likeness (QED) is 0.121. The van der Waals surface area contributed by atoms with Crippen LogP contribution in [0.4, 0.5) is 0 Å². The summed E-state index contributed by atoms with van der Waals surface area (Å²) in [7, 11) is -13.7. The Labute approximate surface area is 266 Å². The van der Waals surface area contributed by atoms with Crippen LogP contribution in [0.25, 0.3) is 11.2 Å². The van der Waals surface area contributed by atoms with Crippen molar-refractivity contribution in [2.45, 2.75) is 56.3 Å². The molecule has 0 aliphatic carbocycles. The molecule has 47 heavy (non-hydrogen) atoms. The largest absolute Gasteiger partial charge is 0.481 e. The maximum atomic E-state index is 12.6. The minimum Gasteiger partial charge on any atom is -0.477 e. The molecule has 0 bridgehead atoms. The number of aliphatic hydroxyl groups excluding tert-OH is 2. The van der Waals surface area contributed by atoms with Crippen molar-refractivity contribution in [3.05, 3.63) is 48.4 Å². The van der Waals surface area contributed by atoms with E-state index < -0.39 is 85.2 Å². The lowest BCUT2D eigenvalue weighted by atomic mass is 10.1. The van der Waals surface area contributed by atoms with Crippen LogP contribution in [0.15, 0.2) is 37.1 Å². The van der Waals surface area contributed by atoms with Gasteiger partial charge in [0.25, 0.3) is 6.23 Å². The number of carboxylic acids is 1. The minimum absolute atomic E-state index is 0.0294. The first kappa shape index (κ1) is 35.8. The number of aromatic nitrogens is 5. The molecule has 5 N–H and O–H groups in total. The van der Waals surface area contributed by atoms with Gasteiger partial charge in [-0.3, -0.25) is 18.2 Å². The molecule has 0 radical (unpaired) electrons. The van der Waals surface area contributed by atoms with Crippen LogP contribution >= 0.6 is 23.0 Å². The predicted molar refractivity (Wildman–Crippen MR) is 155 cm³/mol. The Bertz CT molecular complexity index is 1770. The number of phosphoric acid groups is 2. The van der Waals surface area contributed by atoms with Gasteiger partial charge >= 0.3 is 21.6 Å². The first-order valence-electron chi connectivity index (χ1n) is 13.9. The molecule has 2 aliphatic heterocycles. The van der Waals surface area contributed by atoms with Gasteiger partial charge in [-0.15, -0.1) is 0 Å². The molecule has 2 aliphatic rings. The number of hydrogen-bond acceptors (Lipinski definition) is 15. The number of ether oxygens (including phenoxy) is 2. The second-order valence-electron chi connectivity index (χ2n) is 11.0. The average molecular weight is 724 g/mol. The van der Waals surface area contributed by atoms with E-state index in [-0.39, 0.29) is 12.0 Å². The number of aryl methyl sites for hydroxylation is 1. The van der Waals surface area contributed by atoms with Crippen LogP contribution in [0.2, 0.25) is 0 Å². The zero-order valence-electron chi connectivity index (χ0n) is 25.0.